The molecule has 0 radical (unpaired) electrons. The third kappa shape index (κ3) is 3.72. The predicted octanol–water partition coefficient (Wildman–Crippen LogP) is 4.31. The zero-order chi connectivity index (χ0) is 18.6. The van der Waals surface area contributed by atoms with Crippen molar-refractivity contribution in [2.75, 3.05) is 19.6 Å². The van der Waals surface area contributed by atoms with Crippen molar-refractivity contribution in [2.45, 2.75) is 45.7 Å². The average Bonchev–Trinajstić information content (AvgIpc) is 2.87. The van der Waals surface area contributed by atoms with Crippen LogP contribution in [0.1, 0.15) is 38.2 Å². The number of para-hydroxylation sites is 1. The number of benzene rings is 2. The van der Waals surface area contributed by atoms with Crippen molar-refractivity contribution >= 4 is 27.7 Å². The van der Waals surface area contributed by atoms with Crippen LogP contribution >= 0.6 is 0 Å². The summed E-state index contributed by atoms with van der Waals surface area (Å²) < 4.78 is 2.38. The molecular formula is C23H29N3O. The van der Waals surface area contributed by atoms with Gasteiger partial charge in [0.05, 0.1) is 0 Å². The van der Waals surface area contributed by atoms with Crippen molar-refractivity contribution < 1.29 is 4.79 Å². The number of likely N-dealkylation sites (tertiary alicyclic amines) is 1. The zero-order valence-corrected chi connectivity index (χ0v) is 16.2. The van der Waals surface area contributed by atoms with E-state index in [-0.39, 0.29) is 0 Å². The SMILES string of the molecule is CCn1c2ccccc2c2cc(CNCCN3CCCCCC3=O)ccc21. The van der Waals surface area contributed by atoms with E-state index in [2.05, 4.69) is 59.3 Å². The van der Waals surface area contributed by atoms with Gasteiger partial charge in [0.25, 0.3) is 0 Å². The van der Waals surface area contributed by atoms with Gasteiger partial charge in [-0.3, -0.25) is 4.79 Å². The molecule has 3 aromatic rings. The lowest BCUT2D eigenvalue weighted by atomic mass is 10.1. The highest BCUT2D eigenvalue weighted by Crippen LogP contribution is 2.29. The third-order valence-corrected chi connectivity index (χ3v) is 5.71. The Balaban J connectivity index is 1.44. The van der Waals surface area contributed by atoms with Gasteiger partial charge in [-0.1, -0.05) is 30.7 Å². The number of amides is 1. The molecule has 1 amide bonds. The second-order valence-electron chi connectivity index (χ2n) is 7.48. The predicted molar refractivity (Wildman–Crippen MR) is 112 cm³/mol. The number of fused-ring (bicyclic) bond motifs is 3. The number of hydrogen-bond donors (Lipinski definition) is 1. The number of carbonyl (C=O) groups excluding carboxylic acids is 1. The maximum absolute atomic E-state index is 12.1. The molecule has 1 aliphatic rings. The maximum atomic E-state index is 12.1. The molecule has 1 N–H and O–H groups in total. The lowest BCUT2D eigenvalue weighted by Crippen LogP contribution is -2.36. The van der Waals surface area contributed by atoms with Gasteiger partial charge >= 0.3 is 0 Å². The number of aryl methyl sites for hydroxylation is 1. The fraction of sp³-hybridized carbons (Fsp3) is 0.435. The monoisotopic (exact) mass is 363 g/mol. The van der Waals surface area contributed by atoms with Crippen LogP contribution in [0.4, 0.5) is 0 Å². The molecule has 27 heavy (non-hydrogen) atoms. The molecular weight excluding hydrogens is 334 g/mol. The summed E-state index contributed by atoms with van der Waals surface area (Å²) in [5, 5.41) is 6.18. The number of rotatable bonds is 6. The topological polar surface area (TPSA) is 37.3 Å². The number of hydrogen-bond acceptors (Lipinski definition) is 2. The van der Waals surface area contributed by atoms with Crippen molar-refractivity contribution in [2.24, 2.45) is 0 Å². The number of nitrogens with one attached hydrogen (secondary N) is 1. The van der Waals surface area contributed by atoms with Gasteiger partial charge in [-0.25, -0.2) is 0 Å². The molecule has 1 fully saturated rings. The van der Waals surface area contributed by atoms with Crippen LogP contribution in [0.15, 0.2) is 42.5 Å². The van der Waals surface area contributed by atoms with E-state index >= 15 is 0 Å². The summed E-state index contributed by atoms with van der Waals surface area (Å²) in [7, 11) is 0. The molecule has 0 saturated carbocycles. The molecule has 4 heteroatoms. The molecule has 4 rings (SSSR count). The highest BCUT2D eigenvalue weighted by atomic mass is 16.2. The van der Waals surface area contributed by atoms with Crippen LogP contribution in [-0.4, -0.2) is 35.0 Å². The van der Waals surface area contributed by atoms with Gasteiger partial charge in [0.15, 0.2) is 0 Å². The van der Waals surface area contributed by atoms with Crippen molar-refractivity contribution in [1.82, 2.24) is 14.8 Å². The normalized spacial score (nSPS) is 15.6. The lowest BCUT2D eigenvalue weighted by Gasteiger charge is -2.20. The molecule has 4 nitrogen and oxygen atoms in total. The first kappa shape index (κ1) is 18.1. The molecule has 2 heterocycles. The Hall–Kier alpha value is -2.33. The Morgan fingerprint density at radius 2 is 1.85 bits per heavy atom. The molecule has 0 aliphatic carbocycles. The standard InChI is InChI=1S/C23H29N3O/c1-2-26-21-9-6-5-8-19(21)20-16-18(11-12-22(20)26)17-24-13-15-25-14-7-3-4-10-23(25)27/h5-6,8-9,11-12,16,24H,2-4,7,10,13-15,17H2,1H3. The molecule has 0 atom stereocenters. The largest absolute Gasteiger partial charge is 0.341 e. The van der Waals surface area contributed by atoms with Gasteiger partial charge in [-0.2, -0.15) is 0 Å². The number of nitrogens with zero attached hydrogens (tertiary/aromatic N) is 2. The van der Waals surface area contributed by atoms with Crippen LogP contribution in [0.25, 0.3) is 21.8 Å². The summed E-state index contributed by atoms with van der Waals surface area (Å²) in [5.74, 6) is 0.322. The third-order valence-electron chi connectivity index (χ3n) is 5.71. The van der Waals surface area contributed by atoms with Crippen LogP contribution in [0.2, 0.25) is 0 Å². The quantitative estimate of drug-likeness (QED) is 0.663. The Morgan fingerprint density at radius 3 is 2.74 bits per heavy atom. The summed E-state index contributed by atoms with van der Waals surface area (Å²) in [5.41, 5.74) is 3.90. The van der Waals surface area contributed by atoms with E-state index in [4.69, 9.17) is 0 Å². The van der Waals surface area contributed by atoms with Gasteiger partial charge in [0.1, 0.15) is 0 Å². The molecule has 142 valence electrons. The van der Waals surface area contributed by atoms with E-state index in [1.807, 2.05) is 4.90 Å². The lowest BCUT2D eigenvalue weighted by molar-refractivity contribution is -0.130. The number of carbonyl (C=O) groups is 1. The van der Waals surface area contributed by atoms with Crippen LogP contribution in [-0.2, 0) is 17.9 Å². The molecule has 1 aliphatic heterocycles. The second-order valence-corrected chi connectivity index (χ2v) is 7.48. The van der Waals surface area contributed by atoms with Gasteiger partial charge < -0.3 is 14.8 Å². The van der Waals surface area contributed by atoms with Crippen molar-refractivity contribution in [3.05, 3.63) is 48.0 Å². The van der Waals surface area contributed by atoms with E-state index in [9.17, 15) is 4.79 Å². The van der Waals surface area contributed by atoms with Crippen LogP contribution in [0.3, 0.4) is 0 Å². The first-order valence-corrected chi connectivity index (χ1v) is 10.3. The molecule has 1 saturated heterocycles. The minimum atomic E-state index is 0.322. The second kappa shape index (κ2) is 8.13. The van der Waals surface area contributed by atoms with Crippen molar-refractivity contribution in [1.29, 1.82) is 0 Å². The zero-order valence-electron chi connectivity index (χ0n) is 16.2. The van der Waals surface area contributed by atoms with Gasteiger partial charge in [0, 0.05) is 61.0 Å². The molecule has 0 unspecified atom stereocenters. The summed E-state index contributed by atoms with van der Waals surface area (Å²) >= 11 is 0. The van der Waals surface area contributed by atoms with Crippen LogP contribution < -0.4 is 5.32 Å². The van der Waals surface area contributed by atoms with E-state index in [1.165, 1.54) is 33.8 Å². The fourth-order valence-electron chi connectivity index (χ4n) is 4.27. The van der Waals surface area contributed by atoms with E-state index < -0.39 is 0 Å². The minimum absolute atomic E-state index is 0.322. The molecule has 0 bridgehead atoms. The summed E-state index contributed by atoms with van der Waals surface area (Å²) in [6.07, 6.45) is 4.09. The molecule has 0 spiro atoms. The van der Waals surface area contributed by atoms with Gasteiger partial charge in [0.2, 0.25) is 5.91 Å². The minimum Gasteiger partial charge on any atom is -0.341 e. The Bertz CT molecular complexity index is 943. The van der Waals surface area contributed by atoms with E-state index in [0.29, 0.717) is 5.91 Å². The van der Waals surface area contributed by atoms with Gasteiger partial charge in [-0.15, -0.1) is 0 Å². The number of aromatic nitrogens is 1. The first-order valence-electron chi connectivity index (χ1n) is 10.3. The summed E-state index contributed by atoms with van der Waals surface area (Å²) in [6.45, 7) is 6.60. The fourth-order valence-corrected chi connectivity index (χ4v) is 4.27. The smallest absolute Gasteiger partial charge is 0.222 e. The van der Waals surface area contributed by atoms with Crippen molar-refractivity contribution in [3.63, 3.8) is 0 Å². The highest BCUT2D eigenvalue weighted by molar-refractivity contribution is 6.08. The Morgan fingerprint density at radius 1 is 1.00 bits per heavy atom. The summed E-state index contributed by atoms with van der Waals surface area (Å²) in [4.78, 5) is 14.1. The highest BCUT2D eigenvalue weighted by Gasteiger charge is 2.15. The van der Waals surface area contributed by atoms with Crippen LogP contribution in [0, 0.1) is 0 Å². The van der Waals surface area contributed by atoms with E-state index in [1.54, 1.807) is 0 Å². The Labute approximate surface area is 161 Å². The summed E-state index contributed by atoms with van der Waals surface area (Å²) in [6, 6.07) is 15.4. The van der Waals surface area contributed by atoms with Crippen molar-refractivity contribution in [3.8, 4) is 0 Å². The average molecular weight is 364 g/mol. The molecule has 1 aromatic heterocycles. The molecule has 2 aromatic carbocycles. The Kier molecular flexibility index (Phi) is 5.44. The maximum Gasteiger partial charge on any atom is 0.222 e. The van der Waals surface area contributed by atoms with Gasteiger partial charge in [-0.05, 0) is 43.5 Å². The van der Waals surface area contributed by atoms with E-state index in [0.717, 1.165) is 52.0 Å². The first-order chi connectivity index (χ1) is 13.3. The van der Waals surface area contributed by atoms with Crippen LogP contribution in [0.5, 0.6) is 0 Å².